The predicted molar refractivity (Wildman–Crippen MR) is 120 cm³/mol. The monoisotopic (exact) mass is 516 g/mol. The van der Waals surface area contributed by atoms with Gasteiger partial charge in [-0.05, 0) is 44.2 Å². The molecule has 2 fully saturated rings. The highest BCUT2D eigenvalue weighted by Gasteiger charge is 2.48. The van der Waals surface area contributed by atoms with Crippen molar-refractivity contribution in [3.63, 3.8) is 0 Å². The predicted octanol–water partition coefficient (Wildman–Crippen LogP) is 1.48. The van der Waals surface area contributed by atoms with Crippen molar-refractivity contribution in [1.82, 2.24) is 25.8 Å². The second-order valence-corrected chi connectivity index (χ2v) is 7.25. The molecule has 0 aromatic carbocycles. The van der Waals surface area contributed by atoms with Crippen LogP contribution in [0.5, 0.6) is 5.88 Å². The number of urea groups is 1. The van der Waals surface area contributed by atoms with E-state index in [1.165, 1.54) is 0 Å². The Hall–Kier alpha value is -2.11. The Morgan fingerprint density at radius 3 is 2.72 bits per heavy atom. The molecule has 1 aromatic heterocycles. The van der Waals surface area contributed by atoms with Gasteiger partial charge in [0.1, 0.15) is 5.54 Å². The first kappa shape index (κ1) is 23.2. The van der Waals surface area contributed by atoms with Crippen LogP contribution in [0.25, 0.3) is 0 Å². The van der Waals surface area contributed by atoms with Gasteiger partial charge in [0, 0.05) is 31.9 Å². The molecule has 2 aliphatic rings. The van der Waals surface area contributed by atoms with Gasteiger partial charge in [0.15, 0.2) is 5.96 Å². The third-order valence-corrected chi connectivity index (χ3v) is 5.44. The Bertz CT molecular complexity index is 766. The number of ether oxygens (including phenoxy) is 1. The number of imide groups is 1. The number of carbonyl (C=O) groups is 2. The fourth-order valence-corrected chi connectivity index (χ4v) is 3.77. The molecule has 1 unspecified atom stereocenters. The fraction of sp³-hybridized carbons (Fsp3) is 0.579. The highest BCUT2D eigenvalue weighted by molar-refractivity contribution is 14.0. The van der Waals surface area contributed by atoms with Crippen LogP contribution in [0, 0.1) is 5.92 Å². The van der Waals surface area contributed by atoms with Gasteiger partial charge in [0.2, 0.25) is 5.88 Å². The Balaban J connectivity index is 0.00000300. The van der Waals surface area contributed by atoms with E-state index >= 15 is 0 Å². The maximum atomic E-state index is 12.2. The third kappa shape index (κ3) is 5.28. The molecule has 160 valence electrons. The van der Waals surface area contributed by atoms with E-state index in [0.29, 0.717) is 12.4 Å². The molecule has 29 heavy (non-hydrogen) atoms. The Labute approximate surface area is 188 Å². The number of rotatable bonds is 5. The summed E-state index contributed by atoms with van der Waals surface area (Å²) in [5.74, 6) is 1.29. The molecule has 3 N–H and O–H groups in total. The SMILES string of the molecule is CCNC(=NCc1ccnc(OC)c1)N1CCC(C2(C)NC(=O)NC2=O)CC1.I. The van der Waals surface area contributed by atoms with Gasteiger partial charge in [-0.2, -0.15) is 0 Å². The number of nitrogens with one attached hydrogen (secondary N) is 3. The van der Waals surface area contributed by atoms with E-state index < -0.39 is 11.6 Å². The molecule has 0 aliphatic carbocycles. The number of methoxy groups -OCH3 is 1. The van der Waals surface area contributed by atoms with Crippen LogP contribution < -0.4 is 20.7 Å². The zero-order valence-electron chi connectivity index (χ0n) is 17.0. The van der Waals surface area contributed by atoms with Crippen molar-refractivity contribution in [3.05, 3.63) is 23.9 Å². The molecule has 3 heterocycles. The lowest BCUT2D eigenvalue weighted by molar-refractivity contribution is -0.125. The second kappa shape index (κ2) is 10.1. The lowest BCUT2D eigenvalue weighted by Crippen LogP contribution is -2.55. The molecule has 2 saturated heterocycles. The minimum atomic E-state index is -0.827. The molecular weight excluding hydrogens is 487 g/mol. The van der Waals surface area contributed by atoms with Crippen molar-refractivity contribution >= 4 is 41.9 Å². The van der Waals surface area contributed by atoms with Crippen molar-refractivity contribution in [2.45, 2.75) is 38.8 Å². The van der Waals surface area contributed by atoms with E-state index in [2.05, 4.69) is 25.8 Å². The number of pyridine rings is 1. The lowest BCUT2D eigenvalue weighted by Gasteiger charge is -2.39. The average molecular weight is 516 g/mol. The number of aromatic nitrogens is 1. The van der Waals surface area contributed by atoms with Crippen LogP contribution in [0.15, 0.2) is 23.3 Å². The van der Waals surface area contributed by atoms with Gasteiger partial charge in [-0.1, -0.05) is 0 Å². The van der Waals surface area contributed by atoms with Gasteiger partial charge >= 0.3 is 6.03 Å². The van der Waals surface area contributed by atoms with Crippen LogP contribution in [0.3, 0.4) is 0 Å². The number of carbonyl (C=O) groups excluding carboxylic acids is 2. The van der Waals surface area contributed by atoms with Crippen LogP contribution in [0.2, 0.25) is 0 Å². The van der Waals surface area contributed by atoms with Crippen molar-refractivity contribution in [2.75, 3.05) is 26.7 Å². The van der Waals surface area contributed by atoms with Gasteiger partial charge in [0.25, 0.3) is 5.91 Å². The minimum Gasteiger partial charge on any atom is -0.481 e. The number of halogens is 1. The van der Waals surface area contributed by atoms with E-state index in [1.807, 2.05) is 26.0 Å². The van der Waals surface area contributed by atoms with Crippen LogP contribution in [0.1, 0.15) is 32.3 Å². The summed E-state index contributed by atoms with van der Waals surface area (Å²) in [6, 6.07) is 3.39. The van der Waals surface area contributed by atoms with E-state index in [1.54, 1.807) is 13.3 Å². The zero-order chi connectivity index (χ0) is 20.1. The summed E-state index contributed by atoms with van der Waals surface area (Å²) in [5.41, 5.74) is 0.196. The zero-order valence-corrected chi connectivity index (χ0v) is 19.4. The second-order valence-electron chi connectivity index (χ2n) is 7.25. The number of hydrogen-bond donors (Lipinski definition) is 3. The summed E-state index contributed by atoms with van der Waals surface area (Å²) >= 11 is 0. The molecule has 1 atom stereocenters. The number of guanidine groups is 1. The number of amides is 3. The van der Waals surface area contributed by atoms with Crippen molar-refractivity contribution in [2.24, 2.45) is 10.9 Å². The summed E-state index contributed by atoms with van der Waals surface area (Å²) < 4.78 is 5.16. The number of piperidine rings is 1. The van der Waals surface area contributed by atoms with E-state index in [4.69, 9.17) is 9.73 Å². The summed E-state index contributed by atoms with van der Waals surface area (Å²) in [5, 5.41) is 8.49. The van der Waals surface area contributed by atoms with Crippen LogP contribution in [-0.4, -0.2) is 60.1 Å². The number of hydrogen-bond acceptors (Lipinski definition) is 5. The summed E-state index contributed by atoms with van der Waals surface area (Å²) in [6.07, 6.45) is 3.32. The van der Waals surface area contributed by atoms with Crippen LogP contribution in [0.4, 0.5) is 4.79 Å². The highest BCUT2D eigenvalue weighted by atomic mass is 127. The standard InChI is InChI=1S/C19H28N6O3.HI/c1-4-20-17(22-12-13-5-8-21-15(11-13)28-3)25-9-6-14(7-10-25)19(2)16(26)23-18(27)24-19;/h5,8,11,14H,4,6-7,9-10,12H2,1-3H3,(H,20,22)(H2,23,24,26,27);1H. The molecule has 10 heteroatoms. The molecule has 0 spiro atoms. The maximum absolute atomic E-state index is 12.2. The van der Waals surface area contributed by atoms with Gasteiger partial charge in [-0.25, -0.2) is 14.8 Å². The van der Waals surface area contributed by atoms with Crippen molar-refractivity contribution in [3.8, 4) is 5.88 Å². The summed E-state index contributed by atoms with van der Waals surface area (Å²) in [4.78, 5) is 34.8. The first-order chi connectivity index (χ1) is 13.5. The fourth-order valence-electron chi connectivity index (χ4n) is 3.77. The van der Waals surface area contributed by atoms with Crippen LogP contribution in [-0.2, 0) is 11.3 Å². The molecule has 0 saturated carbocycles. The topological polar surface area (TPSA) is 108 Å². The van der Waals surface area contributed by atoms with E-state index in [9.17, 15) is 9.59 Å². The summed E-state index contributed by atoms with van der Waals surface area (Å²) in [7, 11) is 1.59. The largest absolute Gasteiger partial charge is 0.481 e. The number of nitrogens with zero attached hydrogens (tertiary/aromatic N) is 3. The van der Waals surface area contributed by atoms with E-state index in [-0.39, 0.29) is 35.8 Å². The molecule has 3 amide bonds. The quantitative estimate of drug-likeness (QED) is 0.237. The average Bonchev–Trinajstić information content (AvgIpc) is 2.98. The molecular formula is C19H29IN6O3. The molecule has 1 aromatic rings. The minimum absolute atomic E-state index is 0. The molecule has 2 aliphatic heterocycles. The maximum Gasteiger partial charge on any atom is 0.322 e. The first-order valence-corrected chi connectivity index (χ1v) is 9.62. The third-order valence-electron chi connectivity index (χ3n) is 5.44. The smallest absolute Gasteiger partial charge is 0.322 e. The Kier molecular flexibility index (Phi) is 8.05. The molecule has 0 radical (unpaired) electrons. The van der Waals surface area contributed by atoms with Crippen LogP contribution >= 0.6 is 24.0 Å². The Morgan fingerprint density at radius 2 is 2.14 bits per heavy atom. The van der Waals surface area contributed by atoms with Crippen molar-refractivity contribution in [1.29, 1.82) is 0 Å². The lowest BCUT2D eigenvalue weighted by atomic mass is 9.79. The molecule has 0 bridgehead atoms. The molecule has 3 rings (SSSR count). The van der Waals surface area contributed by atoms with Gasteiger partial charge in [-0.15, -0.1) is 24.0 Å². The Morgan fingerprint density at radius 1 is 1.41 bits per heavy atom. The highest BCUT2D eigenvalue weighted by Crippen LogP contribution is 2.30. The molecule has 9 nitrogen and oxygen atoms in total. The number of aliphatic imine (C=N–C) groups is 1. The van der Waals surface area contributed by atoms with Gasteiger partial charge < -0.3 is 20.3 Å². The van der Waals surface area contributed by atoms with E-state index in [0.717, 1.165) is 44.0 Å². The first-order valence-electron chi connectivity index (χ1n) is 9.62. The van der Waals surface area contributed by atoms with Crippen molar-refractivity contribution < 1.29 is 14.3 Å². The summed E-state index contributed by atoms with van der Waals surface area (Å²) in [6.45, 7) is 6.69. The normalized spacial score (nSPS) is 22.6. The number of likely N-dealkylation sites (tertiary alicyclic amines) is 1. The van der Waals surface area contributed by atoms with Gasteiger partial charge in [-0.3, -0.25) is 10.1 Å². The van der Waals surface area contributed by atoms with Gasteiger partial charge in [0.05, 0.1) is 13.7 Å².